The summed E-state index contributed by atoms with van der Waals surface area (Å²) in [5, 5.41) is 5.38. The van der Waals surface area contributed by atoms with Gasteiger partial charge in [-0.25, -0.2) is 0 Å². The monoisotopic (exact) mass is 513 g/mol. The molecule has 0 atom stereocenters. The second-order valence-corrected chi connectivity index (χ2v) is 9.66. The number of aromatic nitrogens is 3. The van der Waals surface area contributed by atoms with E-state index in [0.717, 1.165) is 24.0 Å². The number of rotatable bonds is 7. The van der Waals surface area contributed by atoms with Crippen LogP contribution in [0.4, 0.5) is 0 Å². The van der Waals surface area contributed by atoms with Crippen molar-refractivity contribution in [2.45, 2.75) is 24.8 Å². The number of ether oxygens (including phenoxy) is 2. The fourth-order valence-electron chi connectivity index (χ4n) is 4.83. The lowest BCUT2D eigenvalue weighted by molar-refractivity contribution is 0.355. The summed E-state index contributed by atoms with van der Waals surface area (Å²) < 4.78 is 18.7. The normalized spacial score (nSPS) is 14.0. The highest BCUT2D eigenvalue weighted by molar-refractivity contribution is 6.30. The summed E-state index contributed by atoms with van der Waals surface area (Å²) in [4.78, 5) is 18.5. The maximum atomic E-state index is 13.7. The van der Waals surface area contributed by atoms with E-state index in [0.29, 0.717) is 45.4 Å². The largest absolute Gasteiger partial charge is 0.493 e. The molecular weight excluding hydrogens is 490 g/mol. The molecule has 0 saturated heterocycles. The van der Waals surface area contributed by atoms with Gasteiger partial charge in [-0.3, -0.25) is 4.79 Å². The summed E-state index contributed by atoms with van der Waals surface area (Å²) in [6.07, 6.45) is 3.63. The first-order valence-corrected chi connectivity index (χ1v) is 12.3. The van der Waals surface area contributed by atoms with Crippen molar-refractivity contribution in [3.63, 3.8) is 0 Å². The zero-order valence-electron chi connectivity index (χ0n) is 20.4. The first-order chi connectivity index (χ1) is 18.0. The van der Waals surface area contributed by atoms with Crippen LogP contribution in [0.15, 0.2) is 82.2 Å². The van der Waals surface area contributed by atoms with Crippen LogP contribution in [0.1, 0.15) is 29.9 Å². The summed E-state index contributed by atoms with van der Waals surface area (Å²) >= 11 is 6.09. The molecule has 0 unspecified atom stereocenters. The minimum Gasteiger partial charge on any atom is -0.493 e. The zero-order chi connectivity index (χ0) is 25.6. The van der Waals surface area contributed by atoms with Crippen LogP contribution in [0.2, 0.25) is 5.02 Å². The number of pyridine rings is 1. The SMILES string of the molecule is COc1cc2c(=O)c(-c3noc(C4(c5ccccc5)CC4)n3)cn(Cc3ccc(Cl)cc3)c2cc1OC. The fraction of sp³-hybridized carbons (Fsp3) is 0.207. The van der Waals surface area contributed by atoms with Gasteiger partial charge in [0.05, 0.1) is 36.1 Å². The maximum absolute atomic E-state index is 13.7. The molecule has 186 valence electrons. The lowest BCUT2D eigenvalue weighted by atomic mass is 9.96. The van der Waals surface area contributed by atoms with Crippen molar-refractivity contribution in [2.75, 3.05) is 14.2 Å². The van der Waals surface area contributed by atoms with E-state index in [4.69, 9.17) is 30.6 Å². The number of fused-ring (bicyclic) bond motifs is 1. The predicted molar refractivity (Wildman–Crippen MR) is 142 cm³/mol. The molecule has 0 spiro atoms. The van der Waals surface area contributed by atoms with Crippen molar-refractivity contribution in [3.05, 3.63) is 105 Å². The highest BCUT2D eigenvalue weighted by Gasteiger charge is 2.51. The van der Waals surface area contributed by atoms with E-state index in [2.05, 4.69) is 17.3 Å². The highest BCUT2D eigenvalue weighted by atomic mass is 35.5. The second kappa shape index (κ2) is 9.09. The topological polar surface area (TPSA) is 79.4 Å². The molecule has 37 heavy (non-hydrogen) atoms. The molecule has 0 radical (unpaired) electrons. The van der Waals surface area contributed by atoms with E-state index in [1.54, 1.807) is 26.5 Å². The van der Waals surface area contributed by atoms with Crippen molar-refractivity contribution in [2.24, 2.45) is 0 Å². The van der Waals surface area contributed by atoms with Crippen molar-refractivity contribution in [3.8, 4) is 22.9 Å². The van der Waals surface area contributed by atoms with Crippen LogP contribution < -0.4 is 14.9 Å². The van der Waals surface area contributed by atoms with E-state index < -0.39 is 0 Å². The summed E-state index contributed by atoms with van der Waals surface area (Å²) in [5.41, 5.74) is 2.72. The maximum Gasteiger partial charge on any atom is 0.237 e. The molecule has 5 aromatic rings. The molecule has 0 aliphatic heterocycles. The van der Waals surface area contributed by atoms with Crippen molar-refractivity contribution in [1.29, 1.82) is 0 Å². The van der Waals surface area contributed by atoms with E-state index in [1.165, 1.54) is 0 Å². The van der Waals surface area contributed by atoms with E-state index in [-0.39, 0.29) is 16.7 Å². The molecular formula is C29H24ClN3O4. The number of benzene rings is 3. The minimum atomic E-state index is -0.289. The Morgan fingerprint density at radius 2 is 1.70 bits per heavy atom. The Balaban J connectivity index is 1.50. The Hall–Kier alpha value is -4.10. The molecule has 0 amide bonds. The standard InChI is InChI=1S/C29H24ClN3O4/c1-35-24-14-21-23(15-25(24)36-2)33(16-18-8-10-20(30)11-9-18)17-22(26(21)34)27-31-28(37-32-27)29(12-13-29)19-6-4-3-5-7-19/h3-11,14-15,17H,12-13,16H2,1-2H3. The average Bonchev–Trinajstić information content (AvgIpc) is 3.60. The van der Waals surface area contributed by atoms with E-state index in [9.17, 15) is 4.79 Å². The molecule has 3 aromatic carbocycles. The molecule has 1 saturated carbocycles. The van der Waals surface area contributed by atoms with Gasteiger partial charge in [0, 0.05) is 23.8 Å². The number of methoxy groups -OCH3 is 2. The molecule has 0 bridgehead atoms. The Morgan fingerprint density at radius 1 is 1.00 bits per heavy atom. The molecule has 7 nitrogen and oxygen atoms in total. The smallest absolute Gasteiger partial charge is 0.237 e. The molecule has 8 heteroatoms. The summed E-state index contributed by atoms with van der Waals surface area (Å²) in [6.45, 7) is 0.495. The second-order valence-electron chi connectivity index (χ2n) is 9.22. The van der Waals surface area contributed by atoms with Gasteiger partial charge in [0.15, 0.2) is 11.5 Å². The van der Waals surface area contributed by atoms with Crippen LogP contribution in [-0.2, 0) is 12.0 Å². The number of halogens is 1. The predicted octanol–water partition coefficient (Wildman–Crippen LogP) is 5.85. The quantitative estimate of drug-likeness (QED) is 0.271. The molecule has 1 aliphatic rings. The van der Waals surface area contributed by atoms with Crippen LogP contribution in [0, 0.1) is 0 Å². The van der Waals surface area contributed by atoms with Gasteiger partial charge in [0.1, 0.15) is 0 Å². The third-order valence-electron chi connectivity index (χ3n) is 7.00. The Labute approximate surface area is 218 Å². The van der Waals surface area contributed by atoms with Gasteiger partial charge >= 0.3 is 0 Å². The van der Waals surface area contributed by atoms with Crippen molar-refractivity contribution >= 4 is 22.5 Å². The third-order valence-corrected chi connectivity index (χ3v) is 7.26. The Kier molecular flexibility index (Phi) is 5.72. The Morgan fingerprint density at radius 3 is 2.38 bits per heavy atom. The van der Waals surface area contributed by atoms with Gasteiger partial charge in [-0.2, -0.15) is 4.98 Å². The molecule has 0 N–H and O–H groups in total. The molecule has 2 heterocycles. The van der Waals surface area contributed by atoms with Gasteiger partial charge in [0.25, 0.3) is 0 Å². The summed E-state index contributed by atoms with van der Waals surface area (Å²) in [7, 11) is 3.12. The molecule has 2 aromatic heterocycles. The van der Waals surface area contributed by atoms with Gasteiger partial charge in [0.2, 0.25) is 17.1 Å². The summed E-state index contributed by atoms with van der Waals surface area (Å²) in [5.74, 6) is 1.80. The van der Waals surface area contributed by atoms with Crippen LogP contribution in [-0.4, -0.2) is 28.9 Å². The van der Waals surface area contributed by atoms with Crippen LogP contribution in [0.3, 0.4) is 0 Å². The molecule has 6 rings (SSSR count). The van der Waals surface area contributed by atoms with Crippen molar-refractivity contribution < 1.29 is 14.0 Å². The molecule has 1 aliphatic carbocycles. The lowest BCUT2D eigenvalue weighted by Gasteiger charge is -2.16. The Bertz CT molecular complexity index is 1660. The number of hydrogen-bond donors (Lipinski definition) is 0. The van der Waals surface area contributed by atoms with Gasteiger partial charge in [-0.15, -0.1) is 0 Å². The van der Waals surface area contributed by atoms with Crippen LogP contribution in [0.5, 0.6) is 11.5 Å². The van der Waals surface area contributed by atoms with Gasteiger partial charge in [-0.05, 0) is 42.2 Å². The van der Waals surface area contributed by atoms with Crippen molar-refractivity contribution in [1.82, 2.24) is 14.7 Å². The van der Waals surface area contributed by atoms with E-state index in [1.807, 2.05) is 53.1 Å². The minimum absolute atomic E-state index is 0.208. The third kappa shape index (κ3) is 4.05. The number of hydrogen-bond acceptors (Lipinski definition) is 6. The first-order valence-electron chi connectivity index (χ1n) is 12.0. The van der Waals surface area contributed by atoms with Gasteiger partial charge < -0.3 is 18.6 Å². The van der Waals surface area contributed by atoms with Crippen LogP contribution >= 0.6 is 11.6 Å². The van der Waals surface area contributed by atoms with Crippen LogP contribution in [0.25, 0.3) is 22.3 Å². The highest BCUT2D eigenvalue weighted by Crippen LogP contribution is 2.53. The average molecular weight is 514 g/mol. The fourth-order valence-corrected chi connectivity index (χ4v) is 4.95. The number of nitrogens with zero attached hydrogens (tertiary/aromatic N) is 3. The summed E-state index contributed by atoms with van der Waals surface area (Å²) in [6, 6.07) is 21.3. The first kappa shape index (κ1) is 23.3. The molecule has 1 fully saturated rings. The van der Waals surface area contributed by atoms with Gasteiger partial charge in [-0.1, -0.05) is 59.2 Å². The van der Waals surface area contributed by atoms with E-state index >= 15 is 0 Å². The zero-order valence-corrected chi connectivity index (χ0v) is 21.2. The lowest BCUT2D eigenvalue weighted by Crippen LogP contribution is -2.14.